The third-order valence-electron chi connectivity index (χ3n) is 2.89. The molecule has 0 atom stereocenters. The first-order valence-corrected chi connectivity index (χ1v) is 6.23. The van der Waals surface area contributed by atoms with E-state index in [0.29, 0.717) is 22.2 Å². The van der Waals surface area contributed by atoms with Crippen molar-refractivity contribution in [2.24, 2.45) is 5.92 Å². The Morgan fingerprint density at radius 2 is 2.28 bits per heavy atom. The van der Waals surface area contributed by atoms with Gasteiger partial charge in [0.2, 0.25) is 0 Å². The second-order valence-corrected chi connectivity index (χ2v) is 4.91. The summed E-state index contributed by atoms with van der Waals surface area (Å²) in [5, 5.41) is 21.5. The molecule has 1 saturated carbocycles. The van der Waals surface area contributed by atoms with Crippen LogP contribution in [0.2, 0.25) is 0 Å². The predicted octanol–water partition coefficient (Wildman–Crippen LogP) is 3.46. The van der Waals surface area contributed by atoms with Crippen molar-refractivity contribution in [3.63, 3.8) is 0 Å². The van der Waals surface area contributed by atoms with Crippen molar-refractivity contribution in [2.45, 2.75) is 19.8 Å². The van der Waals surface area contributed by atoms with E-state index in [-0.39, 0.29) is 0 Å². The number of allylic oxidation sites excluding steroid dienone is 1. The normalized spacial score (nSPS) is 15.0. The van der Waals surface area contributed by atoms with Gasteiger partial charge in [-0.3, -0.25) is 0 Å². The fourth-order valence-corrected chi connectivity index (χ4v) is 1.92. The molecular weight excluding hydrogens is 244 g/mol. The van der Waals surface area contributed by atoms with Crippen molar-refractivity contribution in [1.82, 2.24) is 0 Å². The molecule has 1 aromatic carbocycles. The van der Waals surface area contributed by atoms with Crippen LogP contribution < -0.4 is 5.32 Å². The summed E-state index contributed by atoms with van der Waals surface area (Å²) in [5.74, 6) is 0.658. The van der Waals surface area contributed by atoms with Crippen molar-refractivity contribution in [3.8, 4) is 6.07 Å². The lowest BCUT2D eigenvalue weighted by atomic mass is 10.1. The molecule has 0 unspecified atom stereocenters. The first-order chi connectivity index (χ1) is 8.60. The van der Waals surface area contributed by atoms with E-state index in [0.717, 1.165) is 24.1 Å². The Morgan fingerprint density at radius 1 is 1.56 bits per heavy atom. The number of anilines is 1. The number of aliphatic hydroxyl groups excluding tert-OH is 1. The molecule has 92 valence electrons. The molecule has 0 aliphatic heterocycles. The van der Waals surface area contributed by atoms with Crippen molar-refractivity contribution in [2.75, 3.05) is 5.32 Å². The molecule has 0 amide bonds. The van der Waals surface area contributed by atoms with Crippen molar-refractivity contribution in [3.05, 3.63) is 41.2 Å². The van der Waals surface area contributed by atoms with E-state index in [1.165, 1.54) is 0 Å². The summed E-state index contributed by atoms with van der Waals surface area (Å²) in [6, 6.07) is 7.55. The molecule has 18 heavy (non-hydrogen) atoms. The third kappa shape index (κ3) is 3.08. The first-order valence-electron chi connectivity index (χ1n) is 5.82. The lowest BCUT2D eigenvalue weighted by molar-refractivity contribution is 0.380. The first kappa shape index (κ1) is 12.6. The minimum atomic E-state index is 0.299. The van der Waals surface area contributed by atoms with Gasteiger partial charge in [0.05, 0.1) is 17.4 Å². The largest absolute Gasteiger partial charge is 0.512 e. The highest BCUT2D eigenvalue weighted by Gasteiger charge is 2.25. The number of aryl methyl sites for hydroxylation is 1. The number of nitrogens with zero attached hydrogens (tertiary/aromatic N) is 1. The number of nitriles is 1. The number of hydrogen-bond donors (Lipinski definition) is 2. The van der Waals surface area contributed by atoms with Crippen molar-refractivity contribution >= 4 is 22.9 Å². The van der Waals surface area contributed by atoms with E-state index >= 15 is 0 Å². The topological polar surface area (TPSA) is 56.0 Å². The van der Waals surface area contributed by atoms with Gasteiger partial charge in [0.1, 0.15) is 4.99 Å². The molecule has 0 bridgehead atoms. The molecule has 1 aromatic rings. The molecule has 4 heteroatoms. The maximum atomic E-state index is 9.66. The maximum absolute atomic E-state index is 9.66. The molecule has 1 aliphatic carbocycles. The average Bonchev–Trinajstić information content (AvgIpc) is 3.12. The second kappa shape index (κ2) is 5.19. The summed E-state index contributed by atoms with van der Waals surface area (Å²) in [4.78, 5) is 0.489. The standard InChI is InChI=1S/C14H14N2OS/c1-9-6-12(5-4-11(9)8-15)16-14(18)7-13(17)10-2-3-10/h4-7,10,17H,2-3H2,1H3,(H,16,18). The van der Waals surface area contributed by atoms with E-state index in [1.54, 1.807) is 18.2 Å². The Labute approximate surface area is 112 Å². The van der Waals surface area contributed by atoms with E-state index in [9.17, 15) is 5.11 Å². The number of nitrogens with one attached hydrogen (secondary N) is 1. The zero-order chi connectivity index (χ0) is 13.1. The van der Waals surface area contributed by atoms with Gasteiger partial charge in [0, 0.05) is 17.7 Å². The van der Waals surface area contributed by atoms with Gasteiger partial charge < -0.3 is 10.4 Å². The van der Waals surface area contributed by atoms with Crippen molar-refractivity contribution < 1.29 is 5.11 Å². The minimum Gasteiger partial charge on any atom is -0.512 e. The van der Waals surface area contributed by atoms with Crippen LogP contribution in [0.4, 0.5) is 5.69 Å². The highest BCUT2D eigenvalue weighted by atomic mass is 32.1. The van der Waals surface area contributed by atoms with Gasteiger partial charge in [0.15, 0.2) is 0 Å². The molecule has 2 rings (SSSR count). The molecule has 0 spiro atoms. The summed E-state index contributed by atoms with van der Waals surface area (Å²) in [7, 11) is 0. The molecule has 0 radical (unpaired) electrons. The molecular formula is C14H14N2OS. The van der Waals surface area contributed by atoms with Gasteiger partial charge in [-0.15, -0.1) is 0 Å². The number of rotatable bonds is 3. The van der Waals surface area contributed by atoms with E-state index < -0.39 is 0 Å². The monoisotopic (exact) mass is 258 g/mol. The van der Waals surface area contributed by atoms with Crippen LogP contribution in [0.1, 0.15) is 24.0 Å². The van der Waals surface area contributed by atoms with Crippen molar-refractivity contribution in [1.29, 1.82) is 5.26 Å². The Morgan fingerprint density at radius 3 is 2.83 bits per heavy atom. The van der Waals surface area contributed by atoms with Gasteiger partial charge in [-0.25, -0.2) is 0 Å². The maximum Gasteiger partial charge on any atom is 0.107 e. The fraction of sp³-hybridized carbons (Fsp3) is 0.286. The van der Waals surface area contributed by atoms with Crippen LogP contribution >= 0.6 is 12.2 Å². The number of thiocarbonyl (C=S) groups is 1. The van der Waals surface area contributed by atoms with Crippen LogP contribution in [-0.4, -0.2) is 10.1 Å². The summed E-state index contributed by atoms with van der Waals surface area (Å²) in [6.45, 7) is 1.88. The molecule has 1 aliphatic rings. The van der Waals surface area contributed by atoms with Crippen LogP contribution in [0.3, 0.4) is 0 Å². The molecule has 0 saturated heterocycles. The molecule has 3 nitrogen and oxygen atoms in total. The van der Waals surface area contributed by atoms with Gasteiger partial charge in [-0.05, 0) is 43.5 Å². The fourth-order valence-electron chi connectivity index (χ4n) is 1.68. The van der Waals surface area contributed by atoms with Crippen LogP contribution in [0.15, 0.2) is 30.0 Å². The van der Waals surface area contributed by atoms with Crippen LogP contribution in [0, 0.1) is 24.2 Å². The molecule has 0 heterocycles. The summed E-state index contributed by atoms with van der Waals surface area (Å²) >= 11 is 5.15. The van der Waals surface area contributed by atoms with Crippen LogP contribution in [-0.2, 0) is 0 Å². The lowest BCUT2D eigenvalue weighted by Gasteiger charge is -2.07. The van der Waals surface area contributed by atoms with E-state index in [2.05, 4.69) is 11.4 Å². The Balaban J connectivity index is 2.05. The second-order valence-electron chi connectivity index (χ2n) is 4.47. The zero-order valence-electron chi connectivity index (χ0n) is 10.1. The Kier molecular flexibility index (Phi) is 3.63. The third-order valence-corrected chi connectivity index (χ3v) is 3.11. The highest BCUT2D eigenvalue weighted by molar-refractivity contribution is 7.81. The summed E-state index contributed by atoms with van der Waals surface area (Å²) in [6.07, 6.45) is 3.68. The average molecular weight is 258 g/mol. The smallest absolute Gasteiger partial charge is 0.107 e. The van der Waals surface area contributed by atoms with Gasteiger partial charge in [-0.1, -0.05) is 12.2 Å². The zero-order valence-corrected chi connectivity index (χ0v) is 10.9. The van der Waals surface area contributed by atoms with Crippen LogP contribution in [0.5, 0.6) is 0 Å². The molecule has 0 aromatic heterocycles. The number of hydrogen-bond acceptors (Lipinski definition) is 3. The van der Waals surface area contributed by atoms with Gasteiger partial charge in [-0.2, -0.15) is 5.26 Å². The van der Waals surface area contributed by atoms with Gasteiger partial charge in [0.25, 0.3) is 0 Å². The van der Waals surface area contributed by atoms with Crippen LogP contribution in [0.25, 0.3) is 0 Å². The molecule has 1 fully saturated rings. The highest BCUT2D eigenvalue weighted by Crippen LogP contribution is 2.34. The minimum absolute atomic E-state index is 0.299. The summed E-state index contributed by atoms with van der Waals surface area (Å²) < 4.78 is 0. The van der Waals surface area contributed by atoms with Gasteiger partial charge >= 0.3 is 0 Å². The van der Waals surface area contributed by atoms with E-state index in [4.69, 9.17) is 17.5 Å². The molecule has 2 N–H and O–H groups in total. The number of aliphatic hydroxyl groups is 1. The summed E-state index contributed by atoms with van der Waals surface area (Å²) in [5.41, 5.74) is 2.39. The van der Waals surface area contributed by atoms with E-state index in [1.807, 2.05) is 13.0 Å². The lowest BCUT2D eigenvalue weighted by Crippen LogP contribution is -2.07. The Hall–Kier alpha value is -1.86. The quantitative estimate of drug-likeness (QED) is 0.495. The SMILES string of the molecule is Cc1cc(NC(=S)C=C(O)C2CC2)ccc1C#N. The number of benzene rings is 1. The Bertz CT molecular complexity index is 553. The predicted molar refractivity (Wildman–Crippen MR) is 75.6 cm³/mol.